The lowest BCUT2D eigenvalue weighted by Gasteiger charge is -2.24. The number of fused-ring (bicyclic) bond motifs is 1. The number of methoxy groups -OCH3 is 1. The molecule has 1 aromatic heterocycles. The lowest BCUT2D eigenvalue weighted by Crippen LogP contribution is -2.30. The summed E-state index contributed by atoms with van der Waals surface area (Å²) in [6.45, 7) is 1.21. The Balaban J connectivity index is 1.58. The van der Waals surface area contributed by atoms with E-state index in [0.29, 0.717) is 48.5 Å². The van der Waals surface area contributed by atoms with E-state index in [1.165, 1.54) is 35.9 Å². The maximum absolute atomic E-state index is 15.1. The summed E-state index contributed by atoms with van der Waals surface area (Å²) in [5.74, 6) is 0.0697. The third-order valence-corrected chi connectivity index (χ3v) is 7.22. The second kappa shape index (κ2) is 10.4. The first-order valence-electron chi connectivity index (χ1n) is 12.7. The van der Waals surface area contributed by atoms with Crippen LogP contribution in [-0.2, 0) is 19.3 Å². The van der Waals surface area contributed by atoms with Gasteiger partial charge < -0.3 is 14.5 Å². The van der Waals surface area contributed by atoms with E-state index in [9.17, 15) is 18.0 Å². The van der Waals surface area contributed by atoms with Crippen LogP contribution in [0.25, 0.3) is 11.0 Å². The second-order valence-corrected chi connectivity index (χ2v) is 10.1. The molecule has 0 radical (unpaired) electrons. The van der Waals surface area contributed by atoms with Crippen molar-refractivity contribution in [3.8, 4) is 5.75 Å². The fourth-order valence-corrected chi connectivity index (χ4v) is 5.61. The zero-order valence-corrected chi connectivity index (χ0v) is 22.0. The first-order chi connectivity index (χ1) is 18.6. The zero-order chi connectivity index (χ0) is 27.9. The number of hydrogen-bond donors (Lipinski definition) is 0. The van der Waals surface area contributed by atoms with E-state index in [1.807, 2.05) is 30.0 Å². The normalized spacial score (nSPS) is 16.0. The Kier molecular flexibility index (Phi) is 7.15. The smallest absolute Gasteiger partial charge is 0.416 e. The molecule has 1 saturated heterocycles. The minimum Gasteiger partial charge on any atom is -0.494 e. The Bertz CT molecular complexity index is 1560. The quantitative estimate of drug-likeness (QED) is 0.288. The van der Waals surface area contributed by atoms with Gasteiger partial charge in [0.25, 0.3) is 0 Å². The highest BCUT2D eigenvalue weighted by atomic mass is 19.4. The number of halogens is 4. The predicted molar refractivity (Wildman–Crippen MR) is 143 cm³/mol. The van der Waals surface area contributed by atoms with Crippen molar-refractivity contribution >= 4 is 16.7 Å². The van der Waals surface area contributed by atoms with E-state index in [1.54, 1.807) is 28.8 Å². The summed E-state index contributed by atoms with van der Waals surface area (Å²) < 4.78 is 64.8. The first-order valence-corrected chi connectivity index (χ1v) is 12.7. The van der Waals surface area contributed by atoms with Crippen LogP contribution in [0.15, 0.2) is 65.5 Å². The molecule has 10 heteroatoms. The highest BCUT2D eigenvalue weighted by Gasteiger charge is 2.34. The molecule has 6 nitrogen and oxygen atoms in total. The molecule has 0 unspecified atom stereocenters. The van der Waals surface area contributed by atoms with Crippen LogP contribution in [0, 0.1) is 5.82 Å². The van der Waals surface area contributed by atoms with Crippen LogP contribution in [0.2, 0.25) is 0 Å². The van der Waals surface area contributed by atoms with E-state index >= 15 is 4.39 Å². The standard InChI is InChI=1S/C29H30F4N4O2/c1-34(2)16-20-9-6-11-23(30)26(20)35-15-14-21(18-35)37-24-12-7-13-25(39-3)27(24)36(28(37)38)17-19-8-4-5-10-22(19)29(31,32)33/h4-13,21H,14-18H2,1-3H3/t21-/m1/s1. The van der Waals surface area contributed by atoms with Gasteiger partial charge in [-0.25, -0.2) is 9.18 Å². The van der Waals surface area contributed by atoms with Crippen LogP contribution in [-0.4, -0.2) is 48.3 Å². The van der Waals surface area contributed by atoms with Gasteiger partial charge in [-0.3, -0.25) is 9.13 Å². The van der Waals surface area contributed by atoms with E-state index in [-0.39, 0.29) is 24.0 Å². The van der Waals surface area contributed by atoms with Gasteiger partial charge in [-0.1, -0.05) is 36.4 Å². The summed E-state index contributed by atoms with van der Waals surface area (Å²) in [4.78, 5) is 17.8. The Morgan fingerprint density at radius 3 is 2.44 bits per heavy atom. The van der Waals surface area contributed by atoms with Crippen molar-refractivity contribution in [2.45, 2.75) is 31.7 Å². The van der Waals surface area contributed by atoms with Gasteiger partial charge in [0.1, 0.15) is 17.1 Å². The average Bonchev–Trinajstić information content (AvgIpc) is 3.46. The van der Waals surface area contributed by atoms with Gasteiger partial charge in [0, 0.05) is 19.6 Å². The van der Waals surface area contributed by atoms with E-state index < -0.39 is 17.4 Å². The van der Waals surface area contributed by atoms with Crippen molar-refractivity contribution in [2.24, 2.45) is 0 Å². The number of benzene rings is 3. The molecule has 4 aromatic rings. The number of rotatable bonds is 7. The first kappa shape index (κ1) is 26.8. The highest BCUT2D eigenvalue weighted by molar-refractivity contribution is 5.83. The summed E-state index contributed by atoms with van der Waals surface area (Å²) in [6.07, 6.45) is -3.98. The average molecular weight is 543 g/mol. The zero-order valence-electron chi connectivity index (χ0n) is 22.0. The van der Waals surface area contributed by atoms with Crippen molar-refractivity contribution in [1.82, 2.24) is 14.0 Å². The molecular formula is C29H30F4N4O2. The highest BCUT2D eigenvalue weighted by Crippen LogP contribution is 2.36. The number of ether oxygens (including phenoxy) is 1. The number of para-hydroxylation sites is 2. The fourth-order valence-electron chi connectivity index (χ4n) is 5.61. The Morgan fingerprint density at radius 1 is 1.00 bits per heavy atom. The second-order valence-electron chi connectivity index (χ2n) is 10.1. The number of hydrogen-bond acceptors (Lipinski definition) is 4. The van der Waals surface area contributed by atoms with Crippen molar-refractivity contribution in [1.29, 1.82) is 0 Å². The van der Waals surface area contributed by atoms with Gasteiger partial charge in [-0.2, -0.15) is 13.2 Å². The topological polar surface area (TPSA) is 42.6 Å². The maximum atomic E-state index is 15.1. The Labute approximate surface area is 223 Å². The van der Waals surface area contributed by atoms with Gasteiger partial charge in [0.05, 0.1) is 36.5 Å². The fraction of sp³-hybridized carbons (Fsp3) is 0.345. The van der Waals surface area contributed by atoms with Crippen LogP contribution in [0.3, 0.4) is 0 Å². The monoisotopic (exact) mass is 542 g/mol. The number of imidazole rings is 1. The Hall–Kier alpha value is -3.79. The van der Waals surface area contributed by atoms with Crippen LogP contribution in [0.4, 0.5) is 23.2 Å². The maximum Gasteiger partial charge on any atom is 0.416 e. The minimum absolute atomic E-state index is 0.00946. The molecule has 206 valence electrons. The molecule has 1 aliphatic rings. The molecule has 2 heterocycles. The van der Waals surface area contributed by atoms with E-state index in [4.69, 9.17) is 4.74 Å². The number of anilines is 1. The molecule has 1 fully saturated rings. The SMILES string of the molecule is COc1cccc2c1n(Cc1ccccc1C(F)(F)F)c(=O)n2[C@@H]1CCN(c2c(F)cccc2CN(C)C)C1. The predicted octanol–water partition coefficient (Wildman–Crippen LogP) is 5.53. The lowest BCUT2D eigenvalue weighted by atomic mass is 10.1. The third-order valence-electron chi connectivity index (χ3n) is 7.22. The van der Waals surface area contributed by atoms with Gasteiger partial charge in [-0.15, -0.1) is 0 Å². The molecule has 1 aliphatic heterocycles. The molecule has 0 spiro atoms. The van der Waals surface area contributed by atoms with Gasteiger partial charge >= 0.3 is 11.9 Å². The van der Waals surface area contributed by atoms with Crippen LogP contribution in [0.1, 0.15) is 29.2 Å². The lowest BCUT2D eigenvalue weighted by molar-refractivity contribution is -0.138. The number of nitrogens with zero attached hydrogens (tertiary/aromatic N) is 4. The third kappa shape index (κ3) is 5.01. The molecule has 0 amide bonds. The summed E-state index contributed by atoms with van der Waals surface area (Å²) in [7, 11) is 5.30. The number of aromatic nitrogens is 2. The van der Waals surface area contributed by atoms with Gasteiger partial charge in [0.15, 0.2) is 0 Å². The van der Waals surface area contributed by atoms with Crippen LogP contribution in [0.5, 0.6) is 5.75 Å². The van der Waals surface area contributed by atoms with E-state index in [2.05, 4.69) is 0 Å². The Morgan fingerprint density at radius 2 is 1.72 bits per heavy atom. The van der Waals surface area contributed by atoms with Gasteiger partial charge in [0.2, 0.25) is 0 Å². The minimum atomic E-state index is -4.56. The van der Waals surface area contributed by atoms with E-state index in [0.717, 1.165) is 11.6 Å². The van der Waals surface area contributed by atoms with Crippen molar-refractivity contribution in [3.63, 3.8) is 0 Å². The van der Waals surface area contributed by atoms with Crippen molar-refractivity contribution in [3.05, 3.63) is 93.7 Å². The number of alkyl halides is 3. The van der Waals surface area contributed by atoms with Crippen LogP contribution < -0.4 is 15.3 Å². The summed E-state index contributed by atoms with van der Waals surface area (Å²) in [6, 6.07) is 15.2. The molecule has 5 rings (SSSR count). The van der Waals surface area contributed by atoms with Crippen molar-refractivity contribution in [2.75, 3.05) is 39.2 Å². The summed E-state index contributed by atoms with van der Waals surface area (Å²) in [5, 5.41) is 0. The largest absolute Gasteiger partial charge is 0.494 e. The van der Waals surface area contributed by atoms with Crippen LogP contribution >= 0.6 is 0 Å². The molecule has 39 heavy (non-hydrogen) atoms. The molecule has 0 saturated carbocycles. The molecule has 3 aromatic carbocycles. The van der Waals surface area contributed by atoms with Gasteiger partial charge in [-0.05, 0) is 55.9 Å². The molecule has 0 aliphatic carbocycles. The summed E-state index contributed by atoms with van der Waals surface area (Å²) >= 11 is 0. The van der Waals surface area contributed by atoms with Crippen molar-refractivity contribution < 1.29 is 22.3 Å². The molecule has 1 atom stereocenters. The molecule has 0 bridgehead atoms. The molecular weight excluding hydrogens is 512 g/mol. The summed E-state index contributed by atoms with van der Waals surface area (Å²) in [5.41, 5.74) is 1.14. The molecule has 0 N–H and O–H groups in total.